The molecule has 0 aromatic carbocycles. The molecule has 1 aliphatic heterocycles. The summed E-state index contributed by atoms with van der Waals surface area (Å²) in [5.74, 6) is -2.23. The number of piperidine rings is 1. The molecule has 1 saturated heterocycles. The number of alkyl halides is 2. The number of aliphatic hydroxyl groups is 1. The van der Waals surface area contributed by atoms with Crippen molar-refractivity contribution in [3.63, 3.8) is 0 Å². The Kier molecular flexibility index (Phi) is 3.98. The predicted octanol–water partition coefficient (Wildman–Crippen LogP) is 3.05. The average molecular weight is 261 g/mol. The van der Waals surface area contributed by atoms with Gasteiger partial charge in [0.1, 0.15) is 0 Å². The molecule has 1 atom stereocenters. The van der Waals surface area contributed by atoms with E-state index in [0.29, 0.717) is 19.3 Å². The van der Waals surface area contributed by atoms with Crippen LogP contribution in [0.3, 0.4) is 0 Å². The second-order valence-electron chi connectivity index (χ2n) is 6.40. The Hall–Kier alpha value is -0.220. The minimum Gasteiger partial charge on any atom is -0.390 e. The third-order valence-corrected chi connectivity index (χ3v) is 4.87. The fourth-order valence-corrected chi connectivity index (χ4v) is 3.31. The maximum atomic E-state index is 13.4. The van der Waals surface area contributed by atoms with Gasteiger partial charge in [-0.2, -0.15) is 0 Å². The number of hydrogen-bond donors (Lipinski definition) is 1. The second kappa shape index (κ2) is 5.04. The Balaban J connectivity index is 1.90. The standard InChI is InChI=1S/C14H25F2NO/c1-11(2)13(18)6-8-17(9-7-13)12-4-3-5-14(15,16)10-12/h11-12,18H,3-10H2,1-2H3. The third kappa shape index (κ3) is 3.02. The Morgan fingerprint density at radius 2 is 1.78 bits per heavy atom. The molecule has 106 valence electrons. The number of halogens is 2. The van der Waals surface area contributed by atoms with Gasteiger partial charge in [0.25, 0.3) is 0 Å². The van der Waals surface area contributed by atoms with Crippen LogP contribution in [0.4, 0.5) is 8.78 Å². The molecule has 0 bridgehead atoms. The fourth-order valence-electron chi connectivity index (χ4n) is 3.31. The molecule has 18 heavy (non-hydrogen) atoms. The van der Waals surface area contributed by atoms with Crippen molar-refractivity contribution in [2.24, 2.45) is 5.92 Å². The topological polar surface area (TPSA) is 23.5 Å². The second-order valence-corrected chi connectivity index (χ2v) is 6.40. The first-order valence-corrected chi connectivity index (χ1v) is 7.17. The minimum atomic E-state index is -2.48. The summed E-state index contributed by atoms with van der Waals surface area (Å²) in [6.07, 6.45) is 3.00. The zero-order valence-electron chi connectivity index (χ0n) is 11.5. The molecule has 1 saturated carbocycles. The number of nitrogens with zero attached hydrogens (tertiary/aromatic N) is 1. The zero-order chi connectivity index (χ0) is 13.4. The van der Waals surface area contributed by atoms with Gasteiger partial charge in [0.15, 0.2) is 0 Å². The van der Waals surface area contributed by atoms with Crippen molar-refractivity contribution in [2.45, 2.75) is 69.9 Å². The molecule has 0 aromatic rings. The van der Waals surface area contributed by atoms with Crippen molar-refractivity contribution in [2.75, 3.05) is 13.1 Å². The highest BCUT2D eigenvalue weighted by molar-refractivity contribution is 4.92. The molecular formula is C14H25F2NO. The van der Waals surface area contributed by atoms with E-state index in [1.54, 1.807) is 0 Å². The molecule has 0 amide bonds. The zero-order valence-corrected chi connectivity index (χ0v) is 11.5. The quantitative estimate of drug-likeness (QED) is 0.826. The van der Waals surface area contributed by atoms with E-state index in [0.717, 1.165) is 19.5 Å². The highest BCUT2D eigenvalue weighted by Gasteiger charge is 2.42. The maximum absolute atomic E-state index is 13.4. The van der Waals surface area contributed by atoms with Gasteiger partial charge in [-0.05, 0) is 31.6 Å². The van der Waals surface area contributed by atoms with Crippen LogP contribution >= 0.6 is 0 Å². The predicted molar refractivity (Wildman–Crippen MR) is 67.8 cm³/mol. The average Bonchev–Trinajstić information content (AvgIpc) is 2.28. The first-order valence-electron chi connectivity index (χ1n) is 7.17. The van der Waals surface area contributed by atoms with Gasteiger partial charge in [-0.25, -0.2) is 8.78 Å². The summed E-state index contributed by atoms with van der Waals surface area (Å²) < 4.78 is 26.8. The SMILES string of the molecule is CC(C)C1(O)CCN(C2CCCC(F)(F)C2)CC1. The number of likely N-dealkylation sites (tertiary alicyclic amines) is 1. The maximum Gasteiger partial charge on any atom is 0.249 e. The van der Waals surface area contributed by atoms with Crippen LogP contribution in [0, 0.1) is 5.92 Å². The molecule has 2 fully saturated rings. The Morgan fingerprint density at radius 3 is 2.28 bits per heavy atom. The van der Waals surface area contributed by atoms with Gasteiger partial charge in [0, 0.05) is 32.0 Å². The van der Waals surface area contributed by atoms with Gasteiger partial charge in [0.05, 0.1) is 5.60 Å². The molecule has 2 rings (SSSR count). The first kappa shape index (κ1) is 14.2. The lowest BCUT2D eigenvalue weighted by Crippen LogP contribution is -2.52. The van der Waals surface area contributed by atoms with E-state index in [2.05, 4.69) is 4.90 Å². The molecule has 2 nitrogen and oxygen atoms in total. The summed E-state index contributed by atoms with van der Waals surface area (Å²) in [7, 11) is 0. The summed E-state index contributed by atoms with van der Waals surface area (Å²) in [5.41, 5.74) is -0.590. The van der Waals surface area contributed by atoms with Crippen LogP contribution in [-0.4, -0.2) is 40.7 Å². The normalized spacial score (nSPS) is 32.7. The van der Waals surface area contributed by atoms with Gasteiger partial charge < -0.3 is 5.11 Å². The molecule has 2 aliphatic rings. The van der Waals surface area contributed by atoms with E-state index >= 15 is 0 Å². The van der Waals surface area contributed by atoms with E-state index in [-0.39, 0.29) is 24.8 Å². The molecule has 1 heterocycles. The number of hydrogen-bond acceptors (Lipinski definition) is 2. The molecule has 0 spiro atoms. The summed E-state index contributed by atoms with van der Waals surface area (Å²) in [6, 6.07) is 0.0189. The highest BCUT2D eigenvalue weighted by Crippen LogP contribution is 2.38. The van der Waals surface area contributed by atoms with Crippen LogP contribution in [-0.2, 0) is 0 Å². The van der Waals surface area contributed by atoms with E-state index in [4.69, 9.17) is 0 Å². The van der Waals surface area contributed by atoms with Crippen molar-refractivity contribution in [1.82, 2.24) is 4.90 Å². The molecule has 4 heteroatoms. The van der Waals surface area contributed by atoms with Crippen molar-refractivity contribution in [1.29, 1.82) is 0 Å². The van der Waals surface area contributed by atoms with Crippen molar-refractivity contribution in [3.8, 4) is 0 Å². The van der Waals surface area contributed by atoms with Crippen LogP contribution in [0.25, 0.3) is 0 Å². The molecule has 0 aromatic heterocycles. The van der Waals surface area contributed by atoms with Gasteiger partial charge in [-0.3, -0.25) is 4.90 Å². The van der Waals surface area contributed by atoms with Crippen molar-refractivity contribution in [3.05, 3.63) is 0 Å². The highest BCUT2D eigenvalue weighted by atomic mass is 19.3. The monoisotopic (exact) mass is 261 g/mol. The third-order valence-electron chi connectivity index (χ3n) is 4.87. The van der Waals surface area contributed by atoms with E-state index in [1.165, 1.54) is 0 Å². The minimum absolute atomic E-state index is 0.00705. The van der Waals surface area contributed by atoms with Gasteiger partial charge in [0.2, 0.25) is 5.92 Å². The van der Waals surface area contributed by atoms with Crippen LogP contribution in [0.15, 0.2) is 0 Å². The van der Waals surface area contributed by atoms with Gasteiger partial charge in [-0.1, -0.05) is 13.8 Å². The Morgan fingerprint density at radius 1 is 1.17 bits per heavy atom. The van der Waals surface area contributed by atoms with E-state index < -0.39 is 11.5 Å². The smallest absolute Gasteiger partial charge is 0.249 e. The van der Waals surface area contributed by atoms with Crippen LogP contribution in [0.2, 0.25) is 0 Å². The lowest BCUT2D eigenvalue weighted by molar-refractivity contribution is -0.0940. The van der Waals surface area contributed by atoms with Crippen LogP contribution in [0.5, 0.6) is 0 Å². The summed E-state index contributed by atoms with van der Waals surface area (Å²) >= 11 is 0. The number of rotatable bonds is 2. The van der Waals surface area contributed by atoms with Gasteiger partial charge >= 0.3 is 0 Å². The van der Waals surface area contributed by atoms with Crippen molar-refractivity contribution >= 4 is 0 Å². The molecular weight excluding hydrogens is 236 g/mol. The summed E-state index contributed by atoms with van der Waals surface area (Å²) in [5, 5.41) is 10.4. The van der Waals surface area contributed by atoms with E-state index in [9.17, 15) is 13.9 Å². The largest absolute Gasteiger partial charge is 0.390 e. The summed E-state index contributed by atoms with van der Waals surface area (Å²) in [4.78, 5) is 2.17. The van der Waals surface area contributed by atoms with Gasteiger partial charge in [-0.15, -0.1) is 0 Å². The molecule has 1 unspecified atom stereocenters. The fraction of sp³-hybridized carbons (Fsp3) is 1.00. The van der Waals surface area contributed by atoms with E-state index in [1.807, 2.05) is 13.8 Å². The van der Waals surface area contributed by atoms with Crippen molar-refractivity contribution < 1.29 is 13.9 Å². The molecule has 1 N–H and O–H groups in total. The first-order chi connectivity index (χ1) is 8.32. The lowest BCUT2D eigenvalue weighted by atomic mass is 9.80. The molecule has 1 aliphatic carbocycles. The van der Waals surface area contributed by atoms with Crippen LogP contribution < -0.4 is 0 Å². The Labute approximate surface area is 108 Å². The Bertz CT molecular complexity index is 286. The summed E-state index contributed by atoms with van der Waals surface area (Å²) in [6.45, 7) is 5.58. The molecule has 0 radical (unpaired) electrons. The lowest BCUT2D eigenvalue weighted by Gasteiger charge is -2.45. The van der Waals surface area contributed by atoms with Crippen LogP contribution in [0.1, 0.15) is 52.4 Å².